The third-order valence-electron chi connectivity index (χ3n) is 7.28. The Hall–Kier alpha value is -4.39. The first-order chi connectivity index (χ1) is 20.1. The quantitative estimate of drug-likeness (QED) is 0.177. The van der Waals surface area contributed by atoms with Gasteiger partial charge in [0.15, 0.2) is 0 Å². The van der Waals surface area contributed by atoms with Crippen molar-refractivity contribution >= 4 is 17.1 Å². The minimum atomic E-state index is 0.399. The molecule has 0 spiro atoms. The molecule has 3 aromatic carbocycles. The number of hydrogen-bond donors (Lipinski definition) is 0. The van der Waals surface area contributed by atoms with Gasteiger partial charge in [-0.2, -0.15) is 0 Å². The van der Waals surface area contributed by atoms with E-state index in [1.54, 1.807) is 7.11 Å². The maximum absolute atomic E-state index is 6.02. The van der Waals surface area contributed by atoms with Gasteiger partial charge in [0.05, 0.1) is 7.11 Å². The van der Waals surface area contributed by atoms with E-state index in [9.17, 15) is 0 Å². The smallest absolute Gasteiger partial charge is 0.215 e. The Morgan fingerprint density at radius 3 is 2.22 bits per heavy atom. The van der Waals surface area contributed by atoms with Crippen LogP contribution in [0.3, 0.4) is 0 Å². The molecule has 1 aromatic heterocycles. The predicted molar refractivity (Wildman–Crippen MR) is 167 cm³/mol. The van der Waals surface area contributed by atoms with Gasteiger partial charge in [0.25, 0.3) is 0 Å². The molecule has 5 rings (SSSR count). The van der Waals surface area contributed by atoms with Gasteiger partial charge in [-0.25, -0.2) is 4.98 Å². The van der Waals surface area contributed by atoms with Gasteiger partial charge in [0, 0.05) is 75.7 Å². The van der Waals surface area contributed by atoms with Gasteiger partial charge >= 0.3 is 0 Å². The van der Waals surface area contributed by atoms with Crippen LogP contribution in [0, 0.1) is 0 Å². The number of anilines is 3. The summed E-state index contributed by atoms with van der Waals surface area (Å²) in [5.74, 6) is 2.25. The van der Waals surface area contributed by atoms with Gasteiger partial charge in [0.2, 0.25) is 5.88 Å². The fourth-order valence-electron chi connectivity index (χ4n) is 5.11. The zero-order valence-electron chi connectivity index (χ0n) is 24.3. The molecule has 1 saturated heterocycles. The number of rotatable bonds is 13. The predicted octanol–water partition coefficient (Wildman–Crippen LogP) is 6.42. The van der Waals surface area contributed by atoms with E-state index in [-0.39, 0.29) is 0 Å². The van der Waals surface area contributed by atoms with E-state index in [0.29, 0.717) is 19.1 Å². The largest absolute Gasteiger partial charge is 0.497 e. The molecule has 0 radical (unpaired) electrons. The van der Waals surface area contributed by atoms with E-state index in [0.717, 1.165) is 49.1 Å². The summed E-state index contributed by atoms with van der Waals surface area (Å²) >= 11 is 0. The van der Waals surface area contributed by atoms with Gasteiger partial charge in [-0.3, -0.25) is 0 Å². The lowest BCUT2D eigenvalue weighted by Crippen LogP contribution is -2.23. The van der Waals surface area contributed by atoms with Crippen LogP contribution in [0.15, 0.2) is 91.1 Å². The van der Waals surface area contributed by atoms with E-state index in [2.05, 4.69) is 62.1 Å². The molecule has 0 saturated carbocycles. The van der Waals surface area contributed by atoms with Crippen molar-refractivity contribution in [2.75, 3.05) is 62.2 Å². The summed E-state index contributed by atoms with van der Waals surface area (Å²) in [4.78, 5) is 11.4. The van der Waals surface area contributed by atoms with E-state index in [4.69, 9.17) is 14.2 Å². The first kappa shape index (κ1) is 28.1. The molecule has 7 nitrogen and oxygen atoms in total. The second-order valence-electron chi connectivity index (χ2n) is 10.5. The van der Waals surface area contributed by atoms with Crippen LogP contribution in [0.2, 0.25) is 0 Å². The maximum atomic E-state index is 6.02. The van der Waals surface area contributed by atoms with Crippen molar-refractivity contribution in [2.24, 2.45) is 0 Å². The molecule has 0 N–H and O–H groups in total. The molecule has 0 aliphatic carbocycles. The molecule has 214 valence electrons. The highest BCUT2D eigenvalue weighted by molar-refractivity contribution is 5.53. The molecule has 1 aliphatic heterocycles. The van der Waals surface area contributed by atoms with Crippen LogP contribution in [-0.2, 0) is 13.1 Å². The standard InChI is InChI=1S/C34H40N4O3/c1-36(2)29-11-8-14-33(23-29)40-19-20-41-34-24-31(15-16-35-34)38(26-28-10-7-13-32(22-28)39-3)25-27-9-6-12-30(21-27)37-17-4-5-18-37/h6-16,21-24H,4-5,17-20,25-26H2,1-3H3. The molecule has 1 fully saturated rings. The molecule has 2 heterocycles. The molecular formula is C34H40N4O3. The Kier molecular flexibility index (Phi) is 9.47. The van der Waals surface area contributed by atoms with Gasteiger partial charge in [-0.05, 0) is 66.4 Å². The summed E-state index contributed by atoms with van der Waals surface area (Å²) in [6.45, 7) is 4.57. The summed E-state index contributed by atoms with van der Waals surface area (Å²) < 4.78 is 17.4. The fourth-order valence-corrected chi connectivity index (χ4v) is 5.11. The molecule has 1 aliphatic rings. The Bertz CT molecular complexity index is 1400. The molecule has 0 amide bonds. The molecule has 7 heteroatoms. The summed E-state index contributed by atoms with van der Waals surface area (Å²) in [7, 11) is 5.74. The van der Waals surface area contributed by atoms with Crippen molar-refractivity contribution in [3.8, 4) is 17.4 Å². The van der Waals surface area contributed by atoms with Crippen molar-refractivity contribution < 1.29 is 14.2 Å². The highest BCUT2D eigenvalue weighted by Crippen LogP contribution is 2.27. The third-order valence-corrected chi connectivity index (χ3v) is 7.28. The van der Waals surface area contributed by atoms with Crippen molar-refractivity contribution in [3.05, 3.63) is 102 Å². The van der Waals surface area contributed by atoms with Gasteiger partial charge in [-0.15, -0.1) is 0 Å². The lowest BCUT2D eigenvalue weighted by Gasteiger charge is -2.26. The lowest BCUT2D eigenvalue weighted by atomic mass is 10.1. The number of benzene rings is 3. The second kappa shape index (κ2) is 13.8. The zero-order chi connectivity index (χ0) is 28.4. The minimum Gasteiger partial charge on any atom is -0.497 e. The van der Waals surface area contributed by atoms with Gasteiger partial charge < -0.3 is 28.9 Å². The van der Waals surface area contributed by atoms with Crippen LogP contribution in [-0.4, -0.2) is 52.5 Å². The second-order valence-corrected chi connectivity index (χ2v) is 10.5. The first-order valence-electron chi connectivity index (χ1n) is 14.3. The summed E-state index contributed by atoms with van der Waals surface area (Å²) in [6, 6.07) is 29.2. The van der Waals surface area contributed by atoms with Crippen LogP contribution in [0.4, 0.5) is 17.1 Å². The average Bonchev–Trinajstić information content (AvgIpc) is 3.55. The normalized spacial score (nSPS) is 12.7. The van der Waals surface area contributed by atoms with Crippen molar-refractivity contribution in [2.45, 2.75) is 25.9 Å². The van der Waals surface area contributed by atoms with Crippen LogP contribution in [0.1, 0.15) is 24.0 Å². The summed E-state index contributed by atoms with van der Waals surface area (Å²) in [6.07, 6.45) is 4.34. The number of pyridine rings is 1. The van der Waals surface area contributed by atoms with Crippen molar-refractivity contribution in [1.82, 2.24) is 4.98 Å². The third kappa shape index (κ3) is 7.84. The van der Waals surface area contributed by atoms with Crippen LogP contribution in [0.5, 0.6) is 17.4 Å². The van der Waals surface area contributed by atoms with E-state index in [1.165, 1.54) is 29.7 Å². The molecule has 41 heavy (non-hydrogen) atoms. The monoisotopic (exact) mass is 552 g/mol. The summed E-state index contributed by atoms with van der Waals surface area (Å²) in [5, 5.41) is 0. The topological polar surface area (TPSA) is 50.3 Å². The number of nitrogens with zero attached hydrogens (tertiary/aromatic N) is 4. The van der Waals surface area contributed by atoms with Crippen molar-refractivity contribution in [3.63, 3.8) is 0 Å². The summed E-state index contributed by atoms with van der Waals surface area (Å²) in [5.41, 5.74) is 5.89. The Morgan fingerprint density at radius 1 is 0.732 bits per heavy atom. The minimum absolute atomic E-state index is 0.399. The molecule has 0 bridgehead atoms. The molecule has 4 aromatic rings. The molecule has 0 unspecified atom stereocenters. The van der Waals surface area contributed by atoms with E-state index < -0.39 is 0 Å². The van der Waals surface area contributed by atoms with E-state index in [1.807, 2.05) is 62.8 Å². The number of methoxy groups -OCH3 is 1. The number of hydrogen-bond acceptors (Lipinski definition) is 7. The highest BCUT2D eigenvalue weighted by atomic mass is 16.5. The fraction of sp³-hybridized carbons (Fsp3) is 0.324. The highest BCUT2D eigenvalue weighted by Gasteiger charge is 2.15. The van der Waals surface area contributed by atoms with Crippen LogP contribution in [0.25, 0.3) is 0 Å². The van der Waals surface area contributed by atoms with Gasteiger partial charge in [0.1, 0.15) is 24.7 Å². The van der Waals surface area contributed by atoms with Crippen LogP contribution >= 0.6 is 0 Å². The average molecular weight is 553 g/mol. The first-order valence-corrected chi connectivity index (χ1v) is 14.3. The maximum Gasteiger partial charge on any atom is 0.215 e. The van der Waals surface area contributed by atoms with Crippen molar-refractivity contribution in [1.29, 1.82) is 0 Å². The van der Waals surface area contributed by atoms with Crippen LogP contribution < -0.4 is 28.9 Å². The number of aromatic nitrogens is 1. The van der Waals surface area contributed by atoms with Gasteiger partial charge in [-0.1, -0.05) is 30.3 Å². The molecular weight excluding hydrogens is 512 g/mol. The Balaban J connectivity index is 1.29. The Morgan fingerprint density at radius 2 is 1.44 bits per heavy atom. The number of ether oxygens (including phenoxy) is 3. The van der Waals surface area contributed by atoms with E-state index >= 15 is 0 Å². The molecule has 0 atom stereocenters. The zero-order valence-corrected chi connectivity index (χ0v) is 24.3. The Labute approximate surface area is 243 Å². The SMILES string of the molecule is COc1cccc(CN(Cc2cccc(N3CCCC3)c2)c2ccnc(OCCOc3cccc(N(C)C)c3)c2)c1. The lowest BCUT2D eigenvalue weighted by molar-refractivity contribution is 0.212.